The van der Waals surface area contributed by atoms with E-state index in [1.165, 1.54) is 31.4 Å². The van der Waals surface area contributed by atoms with E-state index in [1.807, 2.05) is 0 Å². The van der Waals surface area contributed by atoms with Gasteiger partial charge in [0.25, 0.3) is 5.91 Å². The van der Waals surface area contributed by atoms with Crippen LogP contribution in [0.25, 0.3) is 0 Å². The molecule has 3 N–H and O–H groups in total. The highest BCUT2D eigenvalue weighted by Gasteiger charge is 2.14. The minimum absolute atomic E-state index is 0.0401. The predicted molar refractivity (Wildman–Crippen MR) is 76.8 cm³/mol. The first-order chi connectivity index (χ1) is 9.51. The maximum absolute atomic E-state index is 13.6. The van der Waals surface area contributed by atoms with Crippen LogP contribution in [0.3, 0.4) is 0 Å². The molecule has 0 radical (unpaired) electrons. The van der Waals surface area contributed by atoms with Gasteiger partial charge in [0.15, 0.2) is 0 Å². The summed E-state index contributed by atoms with van der Waals surface area (Å²) in [5, 5.41) is 2.71. The number of methoxy groups -OCH3 is 1. The molecule has 0 unspecified atom stereocenters. The third kappa shape index (κ3) is 3.00. The molecule has 4 nitrogen and oxygen atoms in total. The van der Waals surface area contributed by atoms with Gasteiger partial charge in [-0.25, -0.2) is 4.39 Å². The van der Waals surface area contributed by atoms with Crippen molar-refractivity contribution in [1.29, 1.82) is 0 Å². The predicted octanol–water partition coefficient (Wildman–Crippen LogP) is 3.32. The molecule has 0 bridgehead atoms. The van der Waals surface area contributed by atoms with Crippen LogP contribution in [0, 0.1) is 5.82 Å². The number of nitrogens with two attached hydrogens (primary N) is 1. The molecular weight excluding hydrogens is 283 g/mol. The highest BCUT2D eigenvalue weighted by atomic mass is 35.5. The minimum atomic E-state index is -0.611. The SMILES string of the molecule is COc1cc(N)ccc1C(=O)Nc1ccc(Cl)cc1F. The van der Waals surface area contributed by atoms with Gasteiger partial charge in [0.1, 0.15) is 11.6 Å². The Balaban J connectivity index is 2.28. The van der Waals surface area contributed by atoms with Crippen molar-refractivity contribution in [1.82, 2.24) is 0 Å². The molecule has 2 aromatic rings. The van der Waals surface area contributed by atoms with E-state index in [9.17, 15) is 9.18 Å². The largest absolute Gasteiger partial charge is 0.496 e. The number of hydrogen-bond acceptors (Lipinski definition) is 3. The third-order valence-corrected chi connectivity index (χ3v) is 2.88. The van der Waals surface area contributed by atoms with Gasteiger partial charge in [0, 0.05) is 16.8 Å². The van der Waals surface area contributed by atoms with Gasteiger partial charge >= 0.3 is 0 Å². The number of benzene rings is 2. The molecule has 0 aliphatic heterocycles. The van der Waals surface area contributed by atoms with Crippen LogP contribution in [0.5, 0.6) is 5.75 Å². The molecule has 0 saturated carbocycles. The number of hydrogen-bond donors (Lipinski definition) is 2. The number of nitrogen functional groups attached to an aromatic ring is 1. The van der Waals surface area contributed by atoms with E-state index in [-0.39, 0.29) is 16.3 Å². The van der Waals surface area contributed by atoms with Gasteiger partial charge in [-0.15, -0.1) is 0 Å². The topological polar surface area (TPSA) is 64.3 Å². The molecule has 2 rings (SSSR count). The molecule has 104 valence electrons. The van der Waals surface area contributed by atoms with E-state index >= 15 is 0 Å². The number of anilines is 2. The second-order valence-corrected chi connectivity index (χ2v) is 4.47. The van der Waals surface area contributed by atoms with E-state index < -0.39 is 11.7 Å². The first kappa shape index (κ1) is 14.1. The second-order valence-electron chi connectivity index (χ2n) is 4.04. The number of amides is 1. The van der Waals surface area contributed by atoms with Gasteiger partial charge in [-0.1, -0.05) is 11.6 Å². The molecule has 0 atom stereocenters. The van der Waals surface area contributed by atoms with Crippen LogP contribution in [0.1, 0.15) is 10.4 Å². The molecule has 0 saturated heterocycles. The number of ether oxygens (including phenoxy) is 1. The zero-order valence-electron chi connectivity index (χ0n) is 10.6. The highest BCUT2D eigenvalue weighted by molar-refractivity contribution is 6.30. The van der Waals surface area contributed by atoms with Gasteiger partial charge in [0.05, 0.1) is 18.4 Å². The first-order valence-electron chi connectivity index (χ1n) is 5.71. The summed E-state index contributed by atoms with van der Waals surface area (Å²) in [6.45, 7) is 0. The van der Waals surface area contributed by atoms with Crippen LogP contribution in [0.2, 0.25) is 5.02 Å². The Labute approximate surface area is 120 Å². The van der Waals surface area contributed by atoms with Crippen LogP contribution in [0.4, 0.5) is 15.8 Å². The molecule has 0 aliphatic carbocycles. The average Bonchev–Trinajstić information content (AvgIpc) is 2.41. The Morgan fingerprint density at radius 3 is 2.70 bits per heavy atom. The molecule has 0 fully saturated rings. The van der Waals surface area contributed by atoms with E-state index in [0.717, 1.165) is 6.07 Å². The summed E-state index contributed by atoms with van der Waals surface area (Å²) in [7, 11) is 1.43. The minimum Gasteiger partial charge on any atom is -0.496 e. The fourth-order valence-electron chi connectivity index (χ4n) is 1.68. The molecule has 20 heavy (non-hydrogen) atoms. The normalized spacial score (nSPS) is 10.2. The van der Waals surface area contributed by atoms with E-state index in [0.29, 0.717) is 11.4 Å². The highest BCUT2D eigenvalue weighted by Crippen LogP contribution is 2.24. The summed E-state index contributed by atoms with van der Waals surface area (Å²) >= 11 is 5.65. The molecule has 2 aromatic carbocycles. The van der Waals surface area contributed by atoms with Crippen LogP contribution in [0.15, 0.2) is 36.4 Å². The number of carbonyl (C=O) groups is 1. The number of carbonyl (C=O) groups excluding carboxylic acids is 1. The van der Waals surface area contributed by atoms with Gasteiger partial charge in [0.2, 0.25) is 0 Å². The Morgan fingerprint density at radius 2 is 2.05 bits per heavy atom. The maximum atomic E-state index is 13.6. The smallest absolute Gasteiger partial charge is 0.259 e. The summed E-state index contributed by atoms with van der Waals surface area (Å²) in [5.74, 6) is -0.791. The second kappa shape index (κ2) is 5.79. The fraction of sp³-hybridized carbons (Fsp3) is 0.0714. The van der Waals surface area contributed by atoms with Crippen molar-refractivity contribution in [2.75, 3.05) is 18.2 Å². The van der Waals surface area contributed by atoms with Crippen molar-refractivity contribution in [3.63, 3.8) is 0 Å². The van der Waals surface area contributed by atoms with Gasteiger partial charge in [-0.2, -0.15) is 0 Å². The van der Waals surface area contributed by atoms with Gasteiger partial charge < -0.3 is 15.8 Å². The fourth-order valence-corrected chi connectivity index (χ4v) is 1.83. The maximum Gasteiger partial charge on any atom is 0.259 e. The molecule has 0 aliphatic rings. The Hall–Kier alpha value is -2.27. The molecular formula is C14H12ClFN2O2. The summed E-state index contributed by atoms with van der Waals surface area (Å²) in [5.41, 5.74) is 6.38. The van der Waals surface area contributed by atoms with Crippen molar-refractivity contribution in [3.05, 3.63) is 52.8 Å². The van der Waals surface area contributed by atoms with E-state index in [2.05, 4.69) is 5.32 Å². The number of rotatable bonds is 3. The van der Waals surface area contributed by atoms with Crippen molar-refractivity contribution >= 4 is 28.9 Å². The molecule has 0 heterocycles. The van der Waals surface area contributed by atoms with Crippen LogP contribution in [-0.2, 0) is 0 Å². The van der Waals surface area contributed by atoms with Gasteiger partial charge in [-0.05, 0) is 30.3 Å². The van der Waals surface area contributed by atoms with Crippen LogP contribution in [-0.4, -0.2) is 13.0 Å². The molecule has 0 spiro atoms. The van der Waals surface area contributed by atoms with E-state index in [1.54, 1.807) is 6.07 Å². The van der Waals surface area contributed by atoms with Crippen molar-refractivity contribution in [2.24, 2.45) is 0 Å². The summed E-state index contributed by atoms with van der Waals surface area (Å²) < 4.78 is 18.7. The Morgan fingerprint density at radius 1 is 1.30 bits per heavy atom. The lowest BCUT2D eigenvalue weighted by atomic mass is 10.1. The van der Waals surface area contributed by atoms with Gasteiger partial charge in [-0.3, -0.25) is 4.79 Å². The van der Waals surface area contributed by atoms with Crippen molar-refractivity contribution in [2.45, 2.75) is 0 Å². The van der Waals surface area contributed by atoms with Crippen molar-refractivity contribution < 1.29 is 13.9 Å². The number of nitrogens with one attached hydrogen (secondary N) is 1. The average molecular weight is 295 g/mol. The lowest BCUT2D eigenvalue weighted by molar-refractivity contribution is 0.102. The molecule has 0 aromatic heterocycles. The van der Waals surface area contributed by atoms with Crippen LogP contribution < -0.4 is 15.8 Å². The zero-order valence-corrected chi connectivity index (χ0v) is 11.4. The first-order valence-corrected chi connectivity index (χ1v) is 6.09. The van der Waals surface area contributed by atoms with Crippen molar-refractivity contribution in [3.8, 4) is 5.75 Å². The number of halogens is 2. The quantitative estimate of drug-likeness (QED) is 0.854. The molecule has 1 amide bonds. The zero-order chi connectivity index (χ0) is 14.7. The lowest BCUT2D eigenvalue weighted by Crippen LogP contribution is -2.14. The van der Waals surface area contributed by atoms with E-state index in [4.69, 9.17) is 22.1 Å². The Kier molecular flexibility index (Phi) is 4.10. The summed E-state index contributed by atoms with van der Waals surface area (Å²) in [4.78, 5) is 12.1. The summed E-state index contributed by atoms with van der Waals surface area (Å²) in [6.07, 6.45) is 0. The van der Waals surface area contributed by atoms with Crippen LogP contribution >= 0.6 is 11.6 Å². The third-order valence-electron chi connectivity index (χ3n) is 2.65. The Bertz CT molecular complexity index is 662. The monoisotopic (exact) mass is 294 g/mol. The lowest BCUT2D eigenvalue weighted by Gasteiger charge is -2.10. The molecule has 6 heteroatoms. The summed E-state index contributed by atoms with van der Waals surface area (Å²) in [6, 6.07) is 8.59. The standard InChI is InChI=1S/C14H12ClFN2O2/c1-20-13-7-9(17)3-4-10(13)14(19)18-12-5-2-8(15)6-11(12)16/h2-7H,17H2,1H3,(H,18,19).